The van der Waals surface area contributed by atoms with Gasteiger partial charge in [-0.1, -0.05) is 66.7 Å². The minimum Gasteiger partial charge on any atom is -0.456 e. The number of benzene rings is 6. The molecule has 0 aliphatic carbocycles. The quantitative estimate of drug-likeness (QED) is 0.138. The molecule has 200 valence electrons. The average molecular weight is 561 g/mol. The van der Waals surface area contributed by atoms with Gasteiger partial charge in [0.05, 0.1) is 10.8 Å². The van der Waals surface area contributed by atoms with Crippen LogP contribution >= 0.6 is 0 Å². The van der Waals surface area contributed by atoms with Crippen LogP contribution in [0.1, 0.15) is 11.1 Å². The van der Waals surface area contributed by atoms with Gasteiger partial charge < -0.3 is 4.74 Å². The van der Waals surface area contributed by atoms with Gasteiger partial charge in [-0.3, -0.25) is 0 Å². The molecule has 0 radical (unpaired) electrons. The first-order chi connectivity index (χ1) is 21.9. The topological polar surface area (TPSA) is 25.8 Å². The van der Waals surface area contributed by atoms with Crippen LogP contribution in [0.25, 0.3) is 76.2 Å². The molecule has 44 heavy (non-hydrogen) atoms. The molecule has 1 unspecified atom stereocenters. The third kappa shape index (κ3) is 1.84. The maximum Gasteiger partial charge on any atom is 0.315 e. The number of ether oxygens (including phenoxy) is 1. The van der Waals surface area contributed by atoms with Crippen LogP contribution in [0.15, 0.2) is 122 Å². The van der Waals surface area contributed by atoms with Gasteiger partial charge in [0.15, 0.2) is 0 Å². The van der Waals surface area contributed by atoms with E-state index in [4.69, 9.17) is 4.74 Å². The fraction of sp³-hybridized carbons (Fsp3) is 0.0256. The maximum atomic E-state index is 6.88. The molecule has 0 amide bonds. The van der Waals surface area contributed by atoms with Crippen LogP contribution in [-0.4, -0.2) is 8.80 Å². The molecular weight excluding hydrogens is 540 g/mol. The predicted octanol–water partition coefficient (Wildman–Crippen LogP) is 7.72. The van der Waals surface area contributed by atoms with E-state index in [-0.39, 0.29) is 0 Å². The van der Waals surface area contributed by atoms with E-state index in [9.17, 15) is 0 Å². The number of imidazole rings is 2. The molecule has 10 aromatic rings. The summed E-state index contributed by atoms with van der Waals surface area (Å²) in [5.41, 5.74) is 6.78. The van der Waals surface area contributed by atoms with Crippen molar-refractivity contribution in [3.05, 3.63) is 133 Å². The minimum atomic E-state index is -0.587. The summed E-state index contributed by atoms with van der Waals surface area (Å²) in [5.74, 6) is 1.87. The summed E-state index contributed by atoms with van der Waals surface area (Å²) in [7, 11) is 0. The van der Waals surface area contributed by atoms with Crippen molar-refractivity contribution in [1.29, 1.82) is 0 Å². The summed E-state index contributed by atoms with van der Waals surface area (Å²) in [6.45, 7) is 0. The van der Waals surface area contributed by atoms with Gasteiger partial charge in [0, 0.05) is 26.9 Å². The van der Waals surface area contributed by atoms with Gasteiger partial charge in [0.1, 0.15) is 58.4 Å². The van der Waals surface area contributed by atoms with Crippen LogP contribution in [0.4, 0.5) is 0 Å². The molecule has 0 saturated carbocycles. The molecule has 6 aromatic carbocycles. The van der Waals surface area contributed by atoms with Crippen LogP contribution < -0.4 is 13.9 Å². The van der Waals surface area contributed by atoms with E-state index >= 15 is 0 Å². The lowest BCUT2D eigenvalue weighted by atomic mass is 9.84. The molecular formula is C39H20N4O+2. The van der Waals surface area contributed by atoms with E-state index < -0.39 is 5.66 Å². The van der Waals surface area contributed by atoms with Crippen LogP contribution in [0.5, 0.6) is 11.5 Å². The summed E-state index contributed by atoms with van der Waals surface area (Å²) in [6.07, 6.45) is 9.11. The van der Waals surface area contributed by atoms with E-state index in [1.807, 2.05) is 0 Å². The smallest absolute Gasteiger partial charge is 0.315 e. The number of nitrogens with zero attached hydrogens (tertiary/aromatic N) is 4. The van der Waals surface area contributed by atoms with Gasteiger partial charge in [-0.05, 0) is 46.5 Å². The number of para-hydroxylation sites is 1. The second-order valence-electron chi connectivity index (χ2n) is 12.6. The van der Waals surface area contributed by atoms with E-state index in [1.165, 1.54) is 87.3 Å². The van der Waals surface area contributed by atoms with Crippen LogP contribution in [0.2, 0.25) is 0 Å². The first-order valence-electron chi connectivity index (χ1n) is 15.2. The Morgan fingerprint density at radius 1 is 0.477 bits per heavy atom. The Balaban J connectivity index is 1.35. The number of rotatable bonds is 0. The molecule has 0 saturated heterocycles. The first-order valence-corrected chi connectivity index (χ1v) is 15.2. The van der Waals surface area contributed by atoms with Gasteiger partial charge >= 0.3 is 5.66 Å². The second kappa shape index (κ2) is 6.36. The third-order valence-electron chi connectivity index (χ3n) is 10.9. The predicted molar refractivity (Wildman–Crippen MR) is 172 cm³/mol. The number of hydrogen-bond donors (Lipinski definition) is 0. The highest BCUT2D eigenvalue weighted by atomic mass is 16.5. The van der Waals surface area contributed by atoms with Crippen molar-refractivity contribution in [3.8, 4) is 11.5 Å². The van der Waals surface area contributed by atoms with Crippen molar-refractivity contribution >= 4 is 76.2 Å². The first kappa shape index (κ1) is 20.9. The molecule has 4 aromatic heterocycles. The molecule has 0 bridgehead atoms. The second-order valence-corrected chi connectivity index (χ2v) is 12.6. The van der Waals surface area contributed by atoms with Crippen LogP contribution in [-0.2, 0) is 5.66 Å². The Kier molecular flexibility index (Phi) is 3.01. The van der Waals surface area contributed by atoms with Crippen molar-refractivity contribution in [2.45, 2.75) is 5.66 Å². The number of hydrogen-bond acceptors (Lipinski definition) is 1. The highest BCUT2D eigenvalue weighted by molar-refractivity contribution is 6.32. The Hall–Kier alpha value is -5.94. The molecule has 3 aliphatic heterocycles. The molecule has 13 rings (SSSR count). The number of fused-ring (bicyclic) bond motifs is 11. The molecule has 5 heteroatoms. The van der Waals surface area contributed by atoms with Crippen LogP contribution in [0, 0.1) is 0 Å². The summed E-state index contributed by atoms with van der Waals surface area (Å²) in [5, 5.41) is 12.8. The lowest BCUT2D eigenvalue weighted by Gasteiger charge is -2.30. The van der Waals surface area contributed by atoms with Crippen LogP contribution in [0.3, 0.4) is 0 Å². The van der Waals surface area contributed by atoms with Crippen molar-refractivity contribution in [2.75, 3.05) is 0 Å². The standard InChI is InChI=1S/C39H20N4O/c1-3-10-24-21(7-1)22-8-2-4-11-26(22)36-31(24)27-14-16-30-35-33(27)38-41(36)18-20-43(38)39(35)34-29(44-30)15-13-25-23-9-5-6-12-28(23)40-17-19-42(39)37(40)32(25)34/h1-20H/q+2. The summed E-state index contributed by atoms with van der Waals surface area (Å²) < 4.78 is 16.8. The Morgan fingerprint density at radius 3 is 1.80 bits per heavy atom. The van der Waals surface area contributed by atoms with E-state index in [1.54, 1.807) is 0 Å². The Labute approximate surface area is 248 Å². The molecule has 1 spiro atoms. The number of pyridine rings is 2. The highest BCUT2D eigenvalue weighted by Crippen LogP contribution is 2.58. The monoisotopic (exact) mass is 560 g/mol. The normalized spacial score (nSPS) is 17.4. The van der Waals surface area contributed by atoms with Gasteiger partial charge in [-0.15, -0.1) is 0 Å². The lowest BCUT2D eigenvalue weighted by Crippen LogP contribution is -2.71. The van der Waals surface area contributed by atoms with E-state index in [0.717, 1.165) is 11.5 Å². The summed E-state index contributed by atoms with van der Waals surface area (Å²) in [6, 6.07) is 35.5. The zero-order valence-corrected chi connectivity index (χ0v) is 23.2. The van der Waals surface area contributed by atoms with Gasteiger partial charge in [-0.25, -0.2) is 0 Å². The van der Waals surface area contributed by atoms with Gasteiger partial charge in [0.2, 0.25) is 0 Å². The average Bonchev–Trinajstić information content (AvgIpc) is 3.85. The maximum absolute atomic E-state index is 6.88. The van der Waals surface area contributed by atoms with Gasteiger partial charge in [0.25, 0.3) is 11.3 Å². The van der Waals surface area contributed by atoms with E-state index in [0.29, 0.717) is 0 Å². The Bertz CT molecular complexity index is 3090. The highest BCUT2D eigenvalue weighted by Gasteiger charge is 2.65. The molecule has 0 N–H and O–H groups in total. The van der Waals surface area contributed by atoms with E-state index in [2.05, 4.69) is 140 Å². The van der Waals surface area contributed by atoms with Crippen molar-refractivity contribution in [3.63, 3.8) is 0 Å². The fourth-order valence-electron chi connectivity index (χ4n) is 9.49. The lowest BCUT2D eigenvalue weighted by molar-refractivity contribution is -0.944. The zero-order valence-electron chi connectivity index (χ0n) is 23.2. The minimum absolute atomic E-state index is 0.587. The van der Waals surface area contributed by atoms with Crippen molar-refractivity contribution < 1.29 is 13.9 Å². The largest absolute Gasteiger partial charge is 0.456 e. The third-order valence-corrected chi connectivity index (χ3v) is 10.9. The fourth-order valence-corrected chi connectivity index (χ4v) is 9.49. The Morgan fingerprint density at radius 2 is 1.02 bits per heavy atom. The molecule has 0 fully saturated rings. The molecule has 3 aliphatic rings. The molecule has 1 atom stereocenters. The van der Waals surface area contributed by atoms with Gasteiger partial charge in [-0.2, -0.15) is 17.9 Å². The number of aromatic nitrogens is 4. The zero-order chi connectivity index (χ0) is 28.1. The summed E-state index contributed by atoms with van der Waals surface area (Å²) in [4.78, 5) is 0. The summed E-state index contributed by atoms with van der Waals surface area (Å²) >= 11 is 0. The van der Waals surface area contributed by atoms with Crippen molar-refractivity contribution in [2.24, 2.45) is 0 Å². The molecule has 5 nitrogen and oxygen atoms in total. The van der Waals surface area contributed by atoms with Crippen molar-refractivity contribution in [1.82, 2.24) is 8.80 Å². The molecule has 7 heterocycles. The SMILES string of the molecule is c1ccc2c(c1)c1ccccc1c1c2c2ccc3c4c2c2n1cc[n+]2C41c2c(ccc4c5ccccc5n5cc[n+]1c5c24)O3.